The standard InChI is InChI=1S/C19H23N3O5/c1-11(19(24)22-13-7-5-12(6-8-13)18(20)23)21-14-9-15(25-2)17(27-4)16(10-14)26-3/h5-11,21H,1-4H3,(H2,20,23)(H,22,24)/t11-/m0/s1. The molecule has 2 aromatic rings. The number of ether oxygens (including phenoxy) is 3. The van der Waals surface area contributed by atoms with Gasteiger partial charge in [-0.15, -0.1) is 0 Å². The van der Waals surface area contributed by atoms with Crippen LogP contribution in [0.4, 0.5) is 11.4 Å². The van der Waals surface area contributed by atoms with Crippen molar-refractivity contribution in [3.05, 3.63) is 42.0 Å². The molecular weight excluding hydrogens is 350 g/mol. The normalized spacial score (nSPS) is 11.3. The smallest absolute Gasteiger partial charge is 0.248 e. The van der Waals surface area contributed by atoms with E-state index < -0.39 is 11.9 Å². The van der Waals surface area contributed by atoms with Crippen LogP contribution in [-0.4, -0.2) is 39.2 Å². The zero-order valence-electron chi connectivity index (χ0n) is 15.7. The molecule has 2 amide bonds. The molecule has 0 aliphatic carbocycles. The molecule has 2 rings (SSSR count). The molecule has 0 heterocycles. The highest BCUT2D eigenvalue weighted by Gasteiger charge is 2.17. The van der Waals surface area contributed by atoms with Crippen molar-refractivity contribution in [1.82, 2.24) is 0 Å². The molecule has 0 fully saturated rings. The van der Waals surface area contributed by atoms with Crippen LogP contribution in [0.3, 0.4) is 0 Å². The summed E-state index contributed by atoms with van der Waals surface area (Å²) < 4.78 is 15.9. The van der Waals surface area contributed by atoms with E-state index in [1.165, 1.54) is 21.3 Å². The lowest BCUT2D eigenvalue weighted by Crippen LogP contribution is -2.31. The van der Waals surface area contributed by atoms with Gasteiger partial charge in [0.1, 0.15) is 6.04 Å². The minimum absolute atomic E-state index is 0.254. The molecule has 144 valence electrons. The summed E-state index contributed by atoms with van der Waals surface area (Å²) in [5, 5.41) is 5.86. The SMILES string of the molecule is COc1cc(N[C@@H](C)C(=O)Nc2ccc(C(N)=O)cc2)cc(OC)c1OC. The Hall–Kier alpha value is -3.42. The Bertz CT molecular complexity index is 796. The van der Waals surface area contributed by atoms with Crippen molar-refractivity contribution >= 4 is 23.2 Å². The number of hydrogen-bond donors (Lipinski definition) is 3. The quantitative estimate of drug-likeness (QED) is 0.654. The second-order valence-corrected chi connectivity index (χ2v) is 5.71. The number of methoxy groups -OCH3 is 3. The first-order valence-corrected chi connectivity index (χ1v) is 8.16. The van der Waals surface area contributed by atoms with Crippen molar-refractivity contribution < 1.29 is 23.8 Å². The molecule has 0 aliphatic rings. The summed E-state index contributed by atoms with van der Waals surface area (Å²) in [6.45, 7) is 1.72. The van der Waals surface area contributed by atoms with Crippen molar-refractivity contribution in [3.8, 4) is 17.2 Å². The highest BCUT2D eigenvalue weighted by atomic mass is 16.5. The van der Waals surface area contributed by atoms with Gasteiger partial charge in [0.25, 0.3) is 0 Å². The molecule has 0 spiro atoms. The van der Waals surface area contributed by atoms with Crippen LogP contribution in [0.5, 0.6) is 17.2 Å². The van der Waals surface area contributed by atoms with Crippen LogP contribution in [0.2, 0.25) is 0 Å². The summed E-state index contributed by atoms with van der Waals surface area (Å²) in [5.41, 5.74) is 6.77. The van der Waals surface area contributed by atoms with Crippen LogP contribution < -0.4 is 30.6 Å². The third kappa shape index (κ3) is 4.81. The largest absolute Gasteiger partial charge is 0.493 e. The predicted molar refractivity (Wildman–Crippen MR) is 103 cm³/mol. The Labute approximate surface area is 157 Å². The van der Waals surface area contributed by atoms with Crippen LogP contribution in [0.15, 0.2) is 36.4 Å². The minimum Gasteiger partial charge on any atom is -0.493 e. The fourth-order valence-corrected chi connectivity index (χ4v) is 2.45. The van der Waals surface area contributed by atoms with Gasteiger partial charge >= 0.3 is 0 Å². The molecule has 8 nitrogen and oxygen atoms in total. The Balaban J connectivity index is 2.10. The van der Waals surface area contributed by atoms with Crippen molar-refractivity contribution in [3.63, 3.8) is 0 Å². The predicted octanol–water partition coefficient (Wildman–Crippen LogP) is 2.25. The number of primary amides is 1. The van der Waals surface area contributed by atoms with E-state index in [0.717, 1.165) is 0 Å². The average Bonchev–Trinajstić information content (AvgIpc) is 2.67. The Morgan fingerprint density at radius 3 is 1.93 bits per heavy atom. The van der Waals surface area contributed by atoms with Gasteiger partial charge in [0, 0.05) is 29.1 Å². The van der Waals surface area contributed by atoms with Crippen molar-refractivity contribution in [1.29, 1.82) is 0 Å². The first-order valence-electron chi connectivity index (χ1n) is 8.16. The highest BCUT2D eigenvalue weighted by Crippen LogP contribution is 2.40. The lowest BCUT2D eigenvalue weighted by atomic mass is 10.2. The van der Waals surface area contributed by atoms with E-state index in [2.05, 4.69) is 10.6 Å². The van der Waals surface area contributed by atoms with E-state index in [0.29, 0.717) is 34.2 Å². The van der Waals surface area contributed by atoms with Gasteiger partial charge in [-0.1, -0.05) is 0 Å². The number of anilines is 2. The maximum absolute atomic E-state index is 12.4. The second-order valence-electron chi connectivity index (χ2n) is 5.71. The van der Waals surface area contributed by atoms with Crippen molar-refractivity contribution in [2.45, 2.75) is 13.0 Å². The van der Waals surface area contributed by atoms with Crippen LogP contribution >= 0.6 is 0 Å². The fourth-order valence-electron chi connectivity index (χ4n) is 2.45. The fraction of sp³-hybridized carbons (Fsp3) is 0.263. The van der Waals surface area contributed by atoms with E-state index >= 15 is 0 Å². The number of nitrogens with one attached hydrogen (secondary N) is 2. The zero-order valence-corrected chi connectivity index (χ0v) is 15.7. The lowest BCUT2D eigenvalue weighted by Gasteiger charge is -2.18. The van der Waals surface area contributed by atoms with Gasteiger partial charge in [-0.2, -0.15) is 0 Å². The average molecular weight is 373 g/mol. The number of nitrogens with two attached hydrogens (primary N) is 1. The maximum Gasteiger partial charge on any atom is 0.248 e. The summed E-state index contributed by atoms with van der Waals surface area (Å²) in [4.78, 5) is 23.5. The molecule has 0 radical (unpaired) electrons. The number of rotatable bonds is 8. The van der Waals surface area contributed by atoms with Gasteiger partial charge in [0.05, 0.1) is 21.3 Å². The van der Waals surface area contributed by atoms with Crippen molar-refractivity contribution in [2.75, 3.05) is 32.0 Å². The number of carbonyl (C=O) groups is 2. The number of amides is 2. The summed E-state index contributed by atoms with van der Waals surface area (Å²) in [7, 11) is 4.56. The maximum atomic E-state index is 12.4. The Morgan fingerprint density at radius 2 is 1.48 bits per heavy atom. The topological polar surface area (TPSA) is 112 Å². The summed E-state index contributed by atoms with van der Waals surface area (Å²) in [6, 6.07) is 9.21. The summed E-state index contributed by atoms with van der Waals surface area (Å²) in [6.07, 6.45) is 0. The van der Waals surface area contributed by atoms with Crippen LogP contribution in [0, 0.1) is 0 Å². The van der Waals surface area contributed by atoms with E-state index in [1.807, 2.05) is 0 Å². The van der Waals surface area contributed by atoms with Crippen LogP contribution in [0.25, 0.3) is 0 Å². The van der Waals surface area contributed by atoms with Gasteiger partial charge in [-0.25, -0.2) is 0 Å². The van der Waals surface area contributed by atoms with Gasteiger partial charge in [-0.3, -0.25) is 9.59 Å². The highest BCUT2D eigenvalue weighted by molar-refractivity contribution is 5.97. The molecule has 0 bridgehead atoms. The van der Waals surface area contributed by atoms with E-state index in [4.69, 9.17) is 19.9 Å². The summed E-state index contributed by atoms with van der Waals surface area (Å²) in [5.74, 6) is 0.654. The van der Waals surface area contributed by atoms with Gasteiger partial charge in [0.15, 0.2) is 11.5 Å². The molecule has 8 heteroatoms. The molecular formula is C19H23N3O5. The second kappa shape index (κ2) is 8.79. The van der Waals surface area contributed by atoms with Gasteiger partial charge < -0.3 is 30.6 Å². The monoisotopic (exact) mass is 373 g/mol. The lowest BCUT2D eigenvalue weighted by molar-refractivity contribution is -0.116. The Morgan fingerprint density at radius 1 is 0.926 bits per heavy atom. The van der Waals surface area contributed by atoms with Crippen molar-refractivity contribution in [2.24, 2.45) is 5.73 Å². The van der Waals surface area contributed by atoms with Crippen LogP contribution in [0.1, 0.15) is 17.3 Å². The molecule has 0 saturated carbocycles. The minimum atomic E-state index is -0.552. The zero-order chi connectivity index (χ0) is 20.0. The van der Waals surface area contributed by atoms with E-state index in [9.17, 15) is 9.59 Å². The van der Waals surface area contributed by atoms with Gasteiger partial charge in [0.2, 0.25) is 17.6 Å². The van der Waals surface area contributed by atoms with E-state index in [-0.39, 0.29) is 5.91 Å². The Kier molecular flexibility index (Phi) is 6.48. The molecule has 27 heavy (non-hydrogen) atoms. The molecule has 0 aromatic heterocycles. The summed E-state index contributed by atoms with van der Waals surface area (Å²) >= 11 is 0. The first-order chi connectivity index (χ1) is 12.9. The molecule has 2 aromatic carbocycles. The third-order valence-electron chi connectivity index (χ3n) is 3.88. The molecule has 0 aliphatic heterocycles. The van der Waals surface area contributed by atoms with Gasteiger partial charge in [-0.05, 0) is 31.2 Å². The number of carbonyl (C=O) groups excluding carboxylic acids is 2. The van der Waals surface area contributed by atoms with Crippen LogP contribution in [-0.2, 0) is 4.79 Å². The molecule has 0 saturated heterocycles. The number of hydrogen-bond acceptors (Lipinski definition) is 6. The number of benzene rings is 2. The molecule has 0 unspecified atom stereocenters. The third-order valence-corrected chi connectivity index (χ3v) is 3.88. The van der Waals surface area contributed by atoms with E-state index in [1.54, 1.807) is 43.3 Å². The molecule has 4 N–H and O–H groups in total. The first kappa shape index (κ1) is 19.9. The molecule has 1 atom stereocenters.